The number of imidazole rings is 1. The standard InChI is InChI=1S/C27H23F3N4O2/c28-27(29,30)19-10-12-23(31-15-19)36-16-21-18-9-11-20(14-18)34(21)26(35)25-24(17-6-2-1-3-7-17)32-22-8-4-5-13-33(22)25/h1-8,10,12-13,15,18,20-21H,9,11,14,16H2/t18-,20+,21+/m0/s1. The van der Waals surface area contributed by atoms with E-state index in [1.807, 2.05) is 64.0 Å². The first-order valence-corrected chi connectivity index (χ1v) is 11.9. The molecule has 6 rings (SSSR count). The number of hydrogen-bond donors (Lipinski definition) is 0. The van der Waals surface area contributed by atoms with Gasteiger partial charge in [-0.05, 0) is 43.4 Å². The fourth-order valence-corrected chi connectivity index (χ4v) is 5.55. The monoisotopic (exact) mass is 492 g/mol. The van der Waals surface area contributed by atoms with Crippen molar-refractivity contribution in [2.45, 2.75) is 37.5 Å². The molecule has 1 saturated heterocycles. The molecule has 3 aromatic heterocycles. The highest BCUT2D eigenvalue weighted by Crippen LogP contribution is 2.44. The molecule has 2 bridgehead atoms. The van der Waals surface area contributed by atoms with Crippen LogP contribution in [0.1, 0.15) is 35.3 Å². The van der Waals surface area contributed by atoms with Gasteiger partial charge in [-0.1, -0.05) is 36.4 Å². The van der Waals surface area contributed by atoms with Crippen molar-refractivity contribution >= 4 is 11.6 Å². The fourth-order valence-electron chi connectivity index (χ4n) is 5.55. The van der Waals surface area contributed by atoms with Gasteiger partial charge in [0.2, 0.25) is 5.88 Å². The largest absolute Gasteiger partial charge is 0.475 e. The second-order valence-electron chi connectivity index (χ2n) is 9.30. The highest BCUT2D eigenvalue weighted by Gasteiger charge is 2.49. The third-order valence-electron chi connectivity index (χ3n) is 7.22. The van der Waals surface area contributed by atoms with E-state index < -0.39 is 11.7 Å². The Labute approximate surface area is 205 Å². The lowest BCUT2D eigenvalue weighted by molar-refractivity contribution is -0.137. The SMILES string of the molecule is O=C(c1c(-c2ccccc2)nc2ccccn12)N1[C@@H]2CC[C@@H](C2)[C@H]1COc1ccc(C(F)(F)F)cn1. The molecule has 3 atom stereocenters. The normalized spacial score (nSPS) is 21.3. The van der Waals surface area contributed by atoms with Crippen LogP contribution in [0.15, 0.2) is 73.1 Å². The number of pyridine rings is 2. The van der Waals surface area contributed by atoms with Crippen LogP contribution >= 0.6 is 0 Å². The van der Waals surface area contributed by atoms with Crippen molar-refractivity contribution in [1.29, 1.82) is 0 Å². The minimum absolute atomic E-state index is 0.0922. The quantitative estimate of drug-likeness (QED) is 0.370. The van der Waals surface area contributed by atoms with Crippen LogP contribution < -0.4 is 4.74 Å². The zero-order valence-electron chi connectivity index (χ0n) is 19.2. The second kappa shape index (κ2) is 8.65. The van der Waals surface area contributed by atoms with Gasteiger partial charge in [-0.2, -0.15) is 13.2 Å². The van der Waals surface area contributed by atoms with Gasteiger partial charge < -0.3 is 9.64 Å². The minimum atomic E-state index is -4.45. The Balaban J connectivity index is 1.31. The fraction of sp³-hybridized carbons (Fsp3) is 0.296. The average Bonchev–Trinajstić information content (AvgIpc) is 3.60. The summed E-state index contributed by atoms with van der Waals surface area (Å²) in [5.74, 6) is 0.263. The first-order valence-electron chi connectivity index (χ1n) is 11.9. The number of fused-ring (bicyclic) bond motifs is 3. The molecular weight excluding hydrogens is 469 g/mol. The Bertz CT molecular complexity index is 1400. The van der Waals surface area contributed by atoms with E-state index in [1.54, 1.807) is 0 Å². The van der Waals surface area contributed by atoms with Crippen LogP contribution in [-0.2, 0) is 6.18 Å². The van der Waals surface area contributed by atoms with Crippen LogP contribution in [-0.4, -0.2) is 43.9 Å². The van der Waals surface area contributed by atoms with Crippen LogP contribution in [0.25, 0.3) is 16.9 Å². The number of benzene rings is 1. The van der Waals surface area contributed by atoms with Crippen molar-refractivity contribution in [3.63, 3.8) is 0 Å². The van der Waals surface area contributed by atoms with Gasteiger partial charge in [0.15, 0.2) is 0 Å². The smallest absolute Gasteiger partial charge is 0.417 e. The number of amides is 1. The Morgan fingerprint density at radius 3 is 2.58 bits per heavy atom. The number of hydrogen-bond acceptors (Lipinski definition) is 4. The molecule has 1 aliphatic heterocycles. The van der Waals surface area contributed by atoms with E-state index in [0.717, 1.165) is 37.1 Å². The Morgan fingerprint density at radius 2 is 1.83 bits per heavy atom. The Hall–Kier alpha value is -3.88. The summed E-state index contributed by atoms with van der Waals surface area (Å²) < 4.78 is 46.2. The average molecular weight is 493 g/mol. The molecule has 0 N–H and O–H groups in total. The van der Waals surface area contributed by atoms with Crippen molar-refractivity contribution in [1.82, 2.24) is 19.3 Å². The van der Waals surface area contributed by atoms with Gasteiger partial charge in [0.1, 0.15) is 23.6 Å². The van der Waals surface area contributed by atoms with Crippen LogP contribution in [0.2, 0.25) is 0 Å². The minimum Gasteiger partial charge on any atom is -0.475 e. The summed E-state index contributed by atoms with van der Waals surface area (Å²) >= 11 is 0. The number of carbonyl (C=O) groups is 1. The van der Waals surface area contributed by atoms with E-state index >= 15 is 0 Å². The van der Waals surface area contributed by atoms with Gasteiger partial charge in [0.25, 0.3) is 5.91 Å². The number of rotatable bonds is 5. The number of alkyl halides is 3. The number of halogens is 3. The lowest BCUT2D eigenvalue weighted by Gasteiger charge is -2.35. The van der Waals surface area contributed by atoms with Crippen molar-refractivity contribution < 1.29 is 22.7 Å². The molecule has 9 heteroatoms. The topological polar surface area (TPSA) is 59.7 Å². The molecule has 0 radical (unpaired) electrons. The molecule has 1 aromatic carbocycles. The molecule has 4 heterocycles. The van der Waals surface area contributed by atoms with Crippen LogP contribution in [0.4, 0.5) is 13.2 Å². The van der Waals surface area contributed by atoms with Gasteiger partial charge >= 0.3 is 6.18 Å². The van der Waals surface area contributed by atoms with Crippen molar-refractivity contribution in [3.8, 4) is 17.1 Å². The number of ether oxygens (including phenoxy) is 1. The van der Waals surface area contributed by atoms with Gasteiger partial charge in [-0.25, -0.2) is 9.97 Å². The summed E-state index contributed by atoms with van der Waals surface area (Å²) in [6.07, 6.45) is 0.948. The predicted octanol–water partition coefficient (Wildman–Crippen LogP) is 5.49. The number of likely N-dealkylation sites (tertiary alicyclic amines) is 1. The molecule has 0 spiro atoms. The molecule has 36 heavy (non-hydrogen) atoms. The predicted molar refractivity (Wildman–Crippen MR) is 126 cm³/mol. The third-order valence-corrected chi connectivity index (χ3v) is 7.22. The molecule has 4 aromatic rings. The van der Waals surface area contributed by atoms with Crippen molar-refractivity contribution in [2.24, 2.45) is 5.92 Å². The summed E-state index contributed by atoms with van der Waals surface area (Å²) in [4.78, 5) is 24.6. The van der Waals surface area contributed by atoms with Crippen LogP contribution in [0.3, 0.4) is 0 Å². The molecule has 2 aliphatic rings. The van der Waals surface area contributed by atoms with Crippen LogP contribution in [0, 0.1) is 5.92 Å². The highest BCUT2D eigenvalue weighted by molar-refractivity contribution is 6.00. The molecule has 1 aliphatic carbocycles. The Kier molecular flexibility index (Phi) is 5.43. The molecule has 1 amide bonds. The van der Waals surface area contributed by atoms with Gasteiger partial charge in [0, 0.05) is 30.1 Å². The molecule has 6 nitrogen and oxygen atoms in total. The number of nitrogens with zero attached hydrogens (tertiary/aromatic N) is 4. The summed E-state index contributed by atoms with van der Waals surface area (Å²) in [5.41, 5.74) is 1.84. The van der Waals surface area contributed by atoms with E-state index in [1.165, 1.54) is 6.07 Å². The number of carbonyl (C=O) groups excluding carboxylic acids is 1. The van der Waals surface area contributed by atoms with E-state index in [2.05, 4.69) is 4.98 Å². The molecular formula is C27H23F3N4O2. The maximum absolute atomic E-state index is 14.2. The lowest BCUT2D eigenvalue weighted by atomic mass is 9.98. The zero-order valence-corrected chi connectivity index (χ0v) is 19.2. The van der Waals surface area contributed by atoms with Crippen molar-refractivity contribution in [3.05, 3.63) is 84.3 Å². The Morgan fingerprint density at radius 1 is 1.03 bits per heavy atom. The summed E-state index contributed by atoms with van der Waals surface area (Å²) in [6.45, 7) is 0.169. The highest BCUT2D eigenvalue weighted by atomic mass is 19.4. The summed E-state index contributed by atoms with van der Waals surface area (Å²) in [7, 11) is 0. The van der Waals surface area contributed by atoms with Gasteiger partial charge in [0.05, 0.1) is 11.6 Å². The number of aromatic nitrogens is 3. The van der Waals surface area contributed by atoms with E-state index in [-0.39, 0.29) is 36.4 Å². The molecule has 2 fully saturated rings. The first kappa shape index (κ1) is 22.6. The first-order chi connectivity index (χ1) is 17.4. The molecule has 1 saturated carbocycles. The molecule has 184 valence electrons. The maximum atomic E-state index is 14.2. The summed E-state index contributed by atoms with van der Waals surface area (Å²) in [6, 6.07) is 17.3. The second-order valence-corrected chi connectivity index (χ2v) is 9.30. The maximum Gasteiger partial charge on any atom is 0.417 e. The van der Waals surface area contributed by atoms with Gasteiger partial charge in [-0.15, -0.1) is 0 Å². The zero-order chi connectivity index (χ0) is 24.9. The van der Waals surface area contributed by atoms with Crippen LogP contribution in [0.5, 0.6) is 5.88 Å². The lowest BCUT2D eigenvalue weighted by Crippen LogP contribution is -2.48. The third kappa shape index (κ3) is 3.88. The van der Waals surface area contributed by atoms with E-state index in [4.69, 9.17) is 9.72 Å². The summed E-state index contributed by atoms with van der Waals surface area (Å²) in [5, 5.41) is 0. The van der Waals surface area contributed by atoms with E-state index in [9.17, 15) is 18.0 Å². The molecule has 0 unspecified atom stereocenters. The number of piperidine rings is 1. The van der Waals surface area contributed by atoms with E-state index in [0.29, 0.717) is 17.0 Å². The van der Waals surface area contributed by atoms with Crippen molar-refractivity contribution in [2.75, 3.05) is 6.61 Å². The van der Waals surface area contributed by atoms with Gasteiger partial charge in [-0.3, -0.25) is 9.20 Å².